The molecule has 10 nitrogen and oxygen atoms in total. The smallest absolute Gasteiger partial charge is 0.352 e. The quantitative estimate of drug-likeness (QED) is 0.302. The summed E-state index contributed by atoms with van der Waals surface area (Å²) in [7, 11) is 0. The second-order valence-electron chi connectivity index (χ2n) is 5.70. The summed E-state index contributed by atoms with van der Waals surface area (Å²) in [4.78, 5) is 48.9. The molecule has 0 aromatic carbocycles. The lowest BCUT2D eigenvalue weighted by atomic mass is 10.3. The van der Waals surface area contributed by atoms with Gasteiger partial charge in [-0.1, -0.05) is 0 Å². The third kappa shape index (κ3) is 8.64. The fourth-order valence-corrected chi connectivity index (χ4v) is 3.12. The first-order valence-electron chi connectivity index (χ1n) is 9.97. The molecule has 0 aliphatic heterocycles. The Morgan fingerprint density at radius 1 is 0.645 bits per heavy atom. The number of ether oxygens (including phenoxy) is 6. The minimum atomic E-state index is -0.831. The molecule has 0 saturated carbocycles. The third-order valence-corrected chi connectivity index (χ3v) is 4.60. The van der Waals surface area contributed by atoms with Gasteiger partial charge in [-0.25, -0.2) is 9.59 Å². The molecule has 0 saturated heterocycles. The van der Waals surface area contributed by atoms with Crippen molar-refractivity contribution in [1.29, 1.82) is 0 Å². The maximum absolute atomic E-state index is 12.4. The van der Waals surface area contributed by atoms with Gasteiger partial charge in [-0.15, -0.1) is 11.3 Å². The van der Waals surface area contributed by atoms with Gasteiger partial charge in [0.2, 0.25) is 0 Å². The van der Waals surface area contributed by atoms with E-state index in [0.29, 0.717) is 24.6 Å². The van der Waals surface area contributed by atoms with Crippen molar-refractivity contribution >= 4 is 35.2 Å². The van der Waals surface area contributed by atoms with E-state index < -0.39 is 23.9 Å². The van der Waals surface area contributed by atoms with Gasteiger partial charge in [0.1, 0.15) is 0 Å². The predicted molar refractivity (Wildman–Crippen MR) is 110 cm³/mol. The lowest BCUT2D eigenvalue weighted by Crippen LogP contribution is -2.16. The highest BCUT2D eigenvalue weighted by atomic mass is 32.1. The molecule has 0 atom stereocenters. The van der Waals surface area contributed by atoms with Crippen LogP contribution in [0.5, 0.6) is 11.5 Å². The molecule has 0 spiro atoms. The van der Waals surface area contributed by atoms with Crippen molar-refractivity contribution in [3.8, 4) is 11.5 Å². The number of hydrogen-bond acceptors (Lipinski definition) is 11. The molecule has 1 rings (SSSR count). The molecular formula is C20H28O10S. The third-order valence-electron chi connectivity index (χ3n) is 3.49. The molecule has 0 radical (unpaired) electrons. The number of rotatable bonds is 14. The summed E-state index contributed by atoms with van der Waals surface area (Å²) >= 11 is 0.657. The lowest BCUT2D eigenvalue weighted by Gasteiger charge is -2.10. The Morgan fingerprint density at radius 2 is 1.03 bits per heavy atom. The molecule has 11 heteroatoms. The van der Waals surface area contributed by atoms with Crippen LogP contribution in [0.1, 0.15) is 59.9 Å². The van der Waals surface area contributed by atoms with Crippen LogP contribution in [-0.4, -0.2) is 63.5 Å². The van der Waals surface area contributed by atoms with Crippen LogP contribution in [0.4, 0.5) is 0 Å². The first kappa shape index (κ1) is 26.5. The molecule has 0 amide bonds. The molecule has 0 N–H and O–H groups in total. The molecule has 0 aliphatic carbocycles. The van der Waals surface area contributed by atoms with Crippen molar-refractivity contribution in [2.75, 3.05) is 39.6 Å². The zero-order valence-electron chi connectivity index (χ0n) is 18.1. The summed E-state index contributed by atoms with van der Waals surface area (Å²) in [5.74, 6) is -3.86. The minimum Gasteiger partial charge on any atom is -0.462 e. The van der Waals surface area contributed by atoms with E-state index in [-0.39, 0.29) is 60.5 Å². The first-order valence-corrected chi connectivity index (χ1v) is 10.8. The summed E-state index contributed by atoms with van der Waals surface area (Å²) < 4.78 is 30.8. The Kier molecular flexibility index (Phi) is 12.4. The van der Waals surface area contributed by atoms with Crippen molar-refractivity contribution in [2.45, 2.75) is 40.5 Å². The fraction of sp³-hybridized carbons (Fsp3) is 0.600. The monoisotopic (exact) mass is 460 g/mol. The Labute approximate surface area is 184 Å². The van der Waals surface area contributed by atoms with Gasteiger partial charge >= 0.3 is 23.9 Å². The van der Waals surface area contributed by atoms with E-state index in [4.69, 9.17) is 28.4 Å². The van der Waals surface area contributed by atoms with Crippen LogP contribution in [0, 0.1) is 0 Å². The van der Waals surface area contributed by atoms with Crippen molar-refractivity contribution in [3.05, 3.63) is 9.75 Å². The lowest BCUT2D eigenvalue weighted by molar-refractivity contribution is -0.138. The van der Waals surface area contributed by atoms with E-state index in [2.05, 4.69) is 0 Å². The van der Waals surface area contributed by atoms with Crippen LogP contribution >= 0.6 is 11.3 Å². The molecule has 0 bridgehead atoms. The van der Waals surface area contributed by atoms with Gasteiger partial charge in [0.15, 0.2) is 21.3 Å². The minimum absolute atomic E-state index is 0.0483. The Morgan fingerprint density at radius 3 is 1.35 bits per heavy atom. The fourth-order valence-electron chi connectivity index (χ4n) is 2.18. The standard InChI is InChI=1S/C20H28O10S/c1-5-25-11-9-13(21)29-15-16(30-14(22)10-12-26-6-2)18(20(24)28-8-4)31-17(15)19(23)27-7-3/h5-12H2,1-4H3. The molecule has 174 valence electrons. The highest BCUT2D eigenvalue weighted by Gasteiger charge is 2.33. The number of carbonyl (C=O) groups is 4. The maximum Gasteiger partial charge on any atom is 0.352 e. The van der Waals surface area contributed by atoms with E-state index in [1.165, 1.54) is 0 Å². The average molecular weight is 461 g/mol. The largest absolute Gasteiger partial charge is 0.462 e. The zero-order valence-corrected chi connectivity index (χ0v) is 19.0. The van der Waals surface area contributed by atoms with Crippen LogP contribution in [0.2, 0.25) is 0 Å². The van der Waals surface area contributed by atoms with Gasteiger partial charge < -0.3 is 28.4 Å². The molecule has 1 heterocycles. The van der Waals surface area contributed by atoms with Crippen LogP contribution in [0.15, 0.2) is 0 Å². The van der Waals surface area contributed by atoms with E-state index >= 15 is 0 Å². The van der Waals surface area contributed by atoms with Crippen LogP contribution < -0.4 is 9.47 Å². The van der Waals surface area contributed by atoms with Gasteiger partial charge in [0, 0.05) is 13.2 Å². The van der Waals surface area contributed by atoms with E-state index in [9.17, 15) is 19.2 Å². The molecule has 0 aliphatic rings. The molecule has 1 aromatic rings. The normalized spacial score (nSPS) is 10.5. The zero-order chi connectivity index (χ0) is 23.2. The number of esters is 4. The number of thiophene rings is 1. The second kappa shape index (κ2) is 14.5. The molecule has 0 fully saturated rings. The second-order valence-corrected chi connectivity index (χ2v) is 6.72. The van der Waals surface area contributed by atoms with Crippen molar-refractivity contribution < 1.29 is 47.6 Å². The van der Waals surface area contributed by atoms with Crippen molar-refractivity contribution in [3.63, 3.8) is 0 Å². The topological polar surface area (TPSA) is 124 Å². The van der Waals surface area contributed by atoms with Gasteiger partial charge in [-0.3, -0.25) is 9.59 Å². The van der Waals surface area contributed by atoms with E-state index in [0.717, 1.165) is 0 Å². The Hall–Kier alpha value is -2.50. The van der Waals surface area contributed by atoms with Gasteiger partial charge in [0.05, 0.1) is 39.3 Å². The SMILES string of the molecule is CCOCCC(=O)Oc1c(C(=O)OCC)sc(C(=O)OCC)c1OC(=O)CCOCC. The highest BCUT2D eigenvalue weighted by Crippen LogP contribution is 2.43. The average Bonchev–Trinajstić information content (AvgIpc) is 3.07. The summed E-state index contributed by atoms with van der Waals surface area (Å²) in [5, 5.41) is 0. The van der Waals surface area contributed by atoms with E-state index in [1.54, 1.807) is 27.7 Å². The van der Waals surface area contributed by atoms with Gasteiger partial charge in [0.25, 0.3) is 0 Å². The van der Waals surface area contributed by atoms with E-state index in [1.807, 2.05) is 0 Å². The Bertz CT molecular complexity index is 695. The molecule has 1 aromatic heterocycles. The van der Waals surface area contributed by atoms with Crippen LogP contribution in [0.3, 0.4) is 0 Å². The number of hydrogen-bond donors (Lipinski definition) is 0. The van der Waals surface area contributed by atoms with Crippen LogP contribution in [-0.2, 0) is 28.5 Å². The molecular weight excluding hydrogens is 432 g/mol. The van der Waals surface area contributed by atoms with Crippen molar-refractivity contribution in [1.82, 2.24) is 0 Å². The Balaban J connectivity index is 3.32. The number of carbonyl (C=O) groups excluding carboxylic acids is 4. The van der Waals surface area contributed by atoms with Gasteiger partial charge in [-0.05, 0) is 27.7 Å². The van der Waals surface area contributed by atoms with Crippen LogP contribution in [0.25, 0.3) is 0 Å². The highest BCUT2D eigenvalue weighted by molar-refractivity contribution is 7.16. The molecule has 0 unspecified atom stereocenters. The van der Waals surface area contributed by atoms with Gasteiger partial charge in [-0.2, -0.15) is 0 Å². The summed E-state index contributed by atoms with van der Waals surface area (Å²) in [6.45, 7) is 7.86. The maximum atomic E-state index is 12.4. The summed E-state index contributed by atoms with van der Waals surface area (Å²) in [6, 6.07) is 0. The van der Waals surface area contributed by atoms with Crippen molar-refractivity contribution in [2.24, 2.45) is 0 Å². The predicted octanol–water partition coefficient (Wildman–Crippen LogP) is 2.77. The summed E-state index contributed by atoms with van der Waals surface area (Å²) in [6.07, 6.45) is -0.225. The summed E-state index contributed by atoms with van der Waals surface area (Å²) in [5.41, 5.74) is 0. The molecule has 31 heavy (non-hydrogen) atoms. The first-order chi connectivity index (χ1) is 14.9.